The van der Waals surface area contributed by atoms with Gasteiger partial charge in [-0.15, -0.1) is 0 Å². The SMILES string of the molecule is CC(=O)OC/C=C(\C)[C@@H]1C(C)=C[C@@H]2CC(=O)C[C@H](C)[C@H]2[C@@H]1/C=C/C=C/C(=O)O. The summed E-state index contributed by atoms with van der Waals surface area (Å²) in [6.07, 6.45) is 11.9. The van der Waals surface area contributed by atoms with Gasteiger partial charge in [-0.05, 0) is 43.6 Å². The fourth-order valence-electron chi connectivity index (χ4n) is 4.85. The Balaban J connectivity index is 2.37. The number of esters is 1. The molecule has 5 atom stereocenters. The van der Waals surface area contributed by atoms with Crippen molar-refractivity contribution >= 4 is 17.7 Å². The van der Waals surface area contributed by atoms with Crippen LogP contribution in [0.2, 0.25) is 0 Å². The Labute approximate surface area is 166 Å². The van der Waals surface area contributed by atoms with E-state index in [0.29, 0.717) is 24.5 Å². The van der Waals surface area contributed by atoms with Gasteiger partial charge < -0.3 is 9.84 Å². The second-order valence-electron chi connectivity index (χ2n) is 7.96. The lowest BCUT2D eigenvalue weighted by Crippen LogP contribution is -2.41. The van der Waals surface area contributed by atoms with Crippen LogP contribution >= 0.6 is 0 Å². The first-order valence-corrected chi connectivity index (χ1v) is 9.78. The van der Waals surface area contributed by atoms with Crippen LogP contribution in [0.25, 0.3) is 0 Å². The number of allylic oxidation sites excluding steroid dienone is 6. The first kappa shape index (κ1) is 21.9. The molecule has 0 aromatic heterocycles. The molecule has 1 saturated carbocycles. The predicted octanol–water partition coefficient (Wildman–Crippen LogP) is 4.12. The Kier molecular flexibility index (Phi) is 7.55. The van der Waals surface area contributed by atoms with Crippen LogP contribution in [0, 0.1) is 29.6 Å². The van der Waals surface area contributed by atoms with Crippen molar-refractivity contribution in [2.75, 3.05) is 6.61 Å². The molecule has 2 aliphatic carbocycles. The van der Waals surface area contributed by atoms with Crippen LogP contribution in [-0.4, -0.2) is 29.4 Å². The summed E-state index contributed by atoms with van der Waals surface area (Å²) in [6.45, 7) is 7.88. The summed E-state index contributed by atoms with van der Waals surface area (Å²) >= 11 is 0. The Morgan fingerprint density at radius 2 is 1.96 bits per heavy atom. The number of Topliss-reactive ketones (excluding diaryl/α,β-unsaturated/α-hetero) is 1. The highest BCUT2D eigenvalue weighted by Gasteiger charge is 2.44. The second-order valence-corrected chi connectivity index (χ2v) is 7.96. The third kappa shape index (κ3) is 5.54. The molecule has 0 aromatic carbocycles. The van der Waals surface area contributed by atoms with Crippen LogP contribution in [0.1, 0.15) is 40.5 Å². The number of carboxylic acids is 1. The zero-order valence-corrected chi connectivity index (χ0v) is 17.1. The molecule has 2 rings (SSSR count). The number of carboxylic acid groups (broad SMARTS) is 1. The number of fused-ring (bicyclic) bond motifs is 1. The quantitative estimate of drug-likeness (QED) is 0.321. The third-order valence-electron chi connectivity index (χ3n) is 5.83. The average molecular weight is 386 g/mol. The van der Waals surface area contributed by atoms with Crippen LogP contribution in [0.5, 0.6) is 0 Å². The minimum atomic E-state index is -0.979. The summed E-state index contributed by atoms with van der Waals surface area (Å²) < 4.78 is 5.07. The lowest BCUT2D eigenvalue weighted by molar-refractivity contribution is -0.139. The van der Waals surface area contributed by atoms with Crippen molar-refractivity contribution in [2.24, 2.45) is 29.6 Å². The van der Waals surface area contributed by atoms with Gasteiger partial charge >= 0.3 is 11.9 Å². The molecular weight excluding hydrogens is 356 g/mol. The topological polar surface area (TPSA) is 80.7 Å². The molecule has 0 aromatic rings. The zero-order valence-electron chi connectivity index (χ0n) is 17.1. The smallest absolute Gasteiger partial charge is 0.328 e. The standard InChI is InChI=1S/C23H30O5/c1-14(9-10-28-17(4)24)22-15(2)11-18-13-19(25)12-16(3)23(18)20(22)7-5-6-8-21(26)27/h5-9,11,16,18,20,22-23H,10,12-13H2,1-4H3,(H,26,27)/b7-5+,8-6+,14-9+/t16-,18+,20+,22+,23+/m0/s1. The van der Waals surface area contributed by atoms with E-state index < -0.39 is 5.97 Å². The summed E-state index contributed by atoms with van der Waals surface area (Å²) in [7, 11) is 0. The van der Waals surface area contributed by atoms with E-state index in [-0.39, 0.29) is 36.2 Å². The molecule has 1 fully saturated rings. The van der Waals surface area contributed by atoms with Gasteiger partial charge in [0.1, 0.15) is 12.4 Å². The van der Waals surface area contributed by atoms with E-state index >= 15 is 0 Å². The highest BCUT2D eigenvalue weighted by atomic mass is 16.5. The maximum atomic E-state index is 12.1. The van der Waals surface area contributed by atoms with Gasteiger partial charge in [0.05, 0.1) is 0 Å². The summed E-state index contributed by atoms with van der Waals surface area (Å²) in [5.41, 5.74) is 2.33. The fourth-order valence-corrected chi connectivity index (χ4v) is 4.85. The molecule has 5 heteroatoms. The molecule has 0 unspecified atom stereocenters. The molecule has 0 aliphatic heterocycles. The van der Waals surface area contributed by atoms with E-state index in [2.05, 4.69) is 26.0 Å². The minimum absolute atomic E-state index is 0.141. The van der Waals surface area contributed by atoms with Gasteiger partial charge in [-0.1, -0.05) is 42.4 Å². The largest absolute Gasteiger partial charge is 0.478 e. The number of ketones is 1. The normalized spacial score (nSPS) is 31.0. The molecule has 0 bridgehead atoms. The van der Waals surface area contributed by atoms with Gasteiger partial charge in [0.2, 0.25) is 0 Å². The van der Waals surface area contributed by atoms with Gasteiger partial charge in [0.25, 0.3) is 0 Å². The van der Waals surface area contributed by atoms with Crippen molar-refractivity contribution in [1.29, 1.82) is 0 Å². The Hall–Kier alpha value is -2.43. The van der Waals surface area contributed by atoms with E-state index in [0.717, 1.165) is 11.6 Å². The molecule has 2 aliphatic rings. The molecule has 28 heavy (non-hydrogen) atoms. The first-order valence-electron chi connectivity index (χ1n) is 9.78. The highest BCUT2D eigenvalue weighted by Crippen LogP contribution is 2.49. The predicted molar refractivity (Wildman–Crippen MR) is 107 cm³/mol. The van der Waals surface area contributed by atoms with Gasteiger partial charge in [0, 0.05) is 31.8 Å². The van der Waals surface area contributed by atoms with Crippen LogP contribution in [0.3, 0.4) is 0 Å². The molecule has 0 heterocycles. The summed E-state index contributed by atoms with van der Waals surface area (Å²) in [5.74, 6) is 0.115. The average Bonchev–Trinajstić information content (AvgIpc) is 2.56. The van der Waals surface area contributed by atoms with Crippen LogP contribution in [0.15, 0.2) is 47.6 Å². The number of hydrogen-bond acceptors (Lipinski definition) is 4. The first-order chi connectivity index (χ1) is 13.2. The van der Waals surface area contributed by atoms with Crippen LogP contribution in [0.4, 0.5) is 0 Å². The molecule has 0 saturated heterocycles. The lowest BCUT2D eigenvalue weighted by atomic mass is 9.57. The van der Waals surface area contributed by atoms with E-state index in [1.165, 1.54) is 12.5 Å². The van der Waals surface area contributed by atoms with Gasteiger partial charge in [-0.25, -0.2) is 4.79 Å². The lowest BCUT2D eigenvalue weighted by Gasteiger charge is -2.46. The number of carbonyl (C=O) groups excluding carboxylic acids is 2. The number of rotatable bonds is 6. The summed E-state index contributed by atoms with van der Waals surface area (Å²) in [5, 5.41) is 8.82. The Morgan fingerprint density at radius 3 is 2.61 bits per heavy atom. The third-order valence-corrected chi connectivity index (χ3v) is 5.83. The molecular formula is C23H30O5. The molecule has 1 N–H and O–H groups in total. The van der Waals surface area contributed by atoms with Gasteiger partial charge in [0.15, 0.2) is 0 Å². The van der Waals surface area contributed by atoms with Crippen LogP contribution in [-0.2, 0) is 19.1 Å². The molecule has 0 amide bonds. The molecule has 5 nitrogen and oxygen atoms in total. The molecule has 0 radical (unpaired) electrons. The van der Waals surface area contributed by atoms with Crippen molar-refractivity contribution in [3.63, 3.8) is 0 Å². The number of hydrogen-bond donors (Lipinski definition) is 1. The van der Waals surface area contributed by atoms with Crippen LogP contribution < -0.4 is 0 Å². The number of ether oxygens (including phenoxy) is 1. The Bertz CT molecular complexity index is 740. The number of carbonyl (C=O) groups is 3. The Morgan fingerprint density at radius 1 is 1.25 bits per heavy atom. The van der Waals surface area contributed by atoms with E-state index in [4.69, 9.17) is 9.84 Å². The zero-order chi connectivity index (χ0) is 20.8. The van der Waals surface area contributed by atoms with Crippen molar-refractivity contribution in [2.45, 2.75) is 40.5 Å². The van der Waals surface area contributed by atoms with Crippen molar-refractivity contribution in [3.05, 3.63) is 47.6 Å². The fraction of sp³-hybridized carbons (Fsp3) is 0.522. The van der Waals surface area contributed by atoms with E-state index in [9.17, 15) is 14.4 Å². The maximum Gasteiger partial charge on any atom is 0.328 e. The minimum Gasteiger partial charge on any atom is -0.478 e. The van der Waals surface area contributed by atoms with Crippen molar-refractivity contribution < 1.29 is 24.2 Å². The van der Waals surface area contributed by atoms with Gasteiger partial charge in [-0.2, -0.15) is 0 Å². The number of aliphatic carboxylic acids is 1. The van der Waals surface area contributed by atoms with E-state index in [1.807, 2.05) is 13.0 Å². The highest BCUT2D eigenvalue weighted by molar-refractivity contribution is 5.80. The van der Waals surface area contributed by atoms with Crippen molar-refractivity contribution in [3.8, 4) is 0 Å². The summed E-state index contributed by atoms with van der Waals surface area (Å²) in [6, 6.07) is 0. The maximum absolute atomic E-state index is 12.1. The monoisotopic (exact) mass is 386 g/mol. The van der Waals surface area contributed by atoms with E-state index in [1.54, 1.807) is 12.2 Å². The second kappa shape index (κ2) is 9.67. The molecule has 152 valence electrons. The molecule has 0 spiro atoms. The van der Waals surface area contributed by atoms with Gasteiger partial charge in [-0.3, -0.25) is 9.59 Å². The van der Waals surface area contributed by atoms with Crippen molar-refractivity contribution in [1.82, 2.24) is 0 Å². The summed E-state index contributed by atoms with van der Waals surface area (Å²) in [4.78, 5) is 33.9.